The van der Waals surface area contributed by atoms with Crippen LogP contribution in [0.1, 0.15) is 26.7 Å². The van der Waals surface area contributed by atoms with Gasteiger partial charge in [0.25, 0.3) is 0 Å². The smallest absolute Gasteiger partial charge is 0.324 e. The van der Waals surface area contributed by atoms with Crippen LogP contribution in [0.15, 0.2) is 0 Å². The third-order valence-electron chi connectivity index (χ3n) is 2.90. The molecule has 0 unspecified atom stereocenters. The van der Waals surface area contributed by atoms with Gasteiger partial charge in [-0.15, -0.1) is 0 Å². The van der Waals surface area contributed by atoms with Crippen LogP contribution in [0, 0.1) is 5.92 Å². The van der Waals surface area contributed by atoms with Crippen LogP contribution in [0.3, 0.4) is 0 Å². The highest BCUT2D eigenvalue weighted by atomic mass is 32.2. The number of hydrogen-bond donors (Lipinski definition) is 2. The summed E-state index contributed by atoms with van der Waals surface area (Å²) in [5, 5.41) is 11.3. The predicted octanol–water partition coefficient (Wildman–Crippen LogP) is -0.209. The molecule has 1 saturated carbocycles. The maximum atomic E-state index is 11.7. The Kier molecular flexibility index (Phi) is 3.81. The van der Waals surface area contributed by atoms with Crippen molar-refractivity contribution in [1.29, 1.82) is 0 Å². The number of carbonyl (C=O) groups excluding carboxylic acids is 1. The molecule has 7 heteroatoms. The first kappa shape index (κ1) is 14.0. The summed E-state index contributed by atoms with van der Waals surface area (Å²) < 4.78 is 21.5. The molecule has 6 nitrogen and oxygen atoms in total. The third-order valence-corrected chi connectivity index (χ3v) is 5.27. The van der Waals surface area contributed by atoms with Gasteiger partial charge in [0.05, 0.1) is 0 Å². The van der Waals surface area contributed by atoms with Crippen LogP contribution in [0.5, 0.6) is 0 Å². The zero-order valence-electron chi connectivity index (χ0n) is 9.89. The van der Waals surface area contributed by atoms with Gasteiger partial charge in [0, 0.05) is 6.54 Å². The Morgan fingerprint density at radius 2 is 1.88 bits per heavy atom. The second-order valence-electron chi connectivity index (χ2n) is 4.82. The lowest BCUT2D eigenvalue weighted by Crippen LogP contribution is -2.45. The van der Waals surface area contributed by atoms with Crippen molar-refractivity contribution in [3.63, 3.8) is 0 Å². The molecule has 17 heavy (non-hydrogen) atoms. The van der Waals surface area contributed by atoms with E-state index < -0.39 is 32.2 Å². The Balaban J connectivity index is 2.58. The highest BCUT2D eigenvalue weighted by Gasteiger charge is 2.43. The largest absolute Gasteiger partial charge is 0.480 e. The van der Waals surface area contributed by atoms with Crippen molar-refractivity contribution < 1.29 is 23.1 Å². The molecule has 0 saturated heterocycles. The molecule has 0 aromatic carbocycles. The normalized spacial score (nSPS) is 16.6. The summed E-state index contributed by atoms with van der Waals surface area (Å²) in [6.45, 7) is 2.64. The Hall–Kier alpha value is -1.11. The summed E-state index contributed by atoms with van der Waals surface area (Å²) in [5.41, 5.74) is 0. The van der Waals surface area contributed by atoms with Crippen LogP contribution in [0.4, 0.5) is 0 Å². The molecule has 0 aliphatic heterocycles. The number of amides is 1. The minimum absolute atomic E-state index is 0.453. The van der Waals surface area contributed by atoms with E-state index in [0.717, 1.165) is 26.7 Å². The second kappa shape index (κ2) is 4.64. The number of carboxylic acids is 1. The van der Waals surface area contributed by atoms with Crippen molar-refractivity contribution in [3.8, 4) is 0 Å². The lowest BCUT2D eigenvalue weighted by atomic mass is 10.2. The maximum absolute atomic E-state index is 11.7. The van der Waals surface area contributed by atoms with Crippen molar-refractivity contribution in [2.45, 2.75) is 31.4 Å². The lowest BCUT2D eigenvalue weighted by molar-refractivity contribution is -0.139. The van der Waals surface area contributed by atoms with E-state index in [0.29, 0.717) is 12.5 Å². The second-order valence-corrected chi connectivity index (χ2v) is 7.36. The fraction of sp³-hybridized carbons (Fsp3) is 0.800. The number of carboxylic acid groups (broad SMARTS) is 1. The number of hydrogen-bond acceptors (Lipinski definition) is 4. The minimum Gasteiger partial charge on any atom is -0.480 e. The van der Waals surface area contributed by atoms with Crippen molar-refractivity contribution in [1.82, 2.24) is 5.32 Å². The van der Waals surface area contributed by atoms with E-state index in [1.807, 2.05) is 0 Å². The Morgan fingerprint density at radius 3 is 2.29 bits per heavy atom. The molecule has 2 N–H and O–H groups in total. The average Bonchev–Trinajstić information content (AvgIpc) is 2.96. The highest BCUT2D eigenvalue weighted by Crippen LogP contribution is 2.27. The summed E-state index contributed by atoms with van der Waals surface area (Å²) in [7, 11) is -4.00. The van der Waals surface area contributed by atoms with E-state index in [1.54, 1.807) is 0 Å². The van der Waals surface area contributed by atoms with Gasteiger partial charge in [-0.3, -0.25) is 9.59 Å². The number of rotatable bonds is 6. The zero-order valence-corrected chi connectivity index (χ0v) is 10.7. The highest BCUT2D eigenvalue weighted by molar-refractivity contribution is 7.94. The first-order valence-corrected chi connectivity index (χ1v) is 7.04. The molecule has 1 aliphatic carbocycles. The van der Waals surface area contributed by atoms with E-state index in [4.69, 9.17) is 5.11 Å². The van der Waals surface area contributed by atoms with Gasteiger partial charge in [-0.05, 0) is 32.6 Å². The van der Waals surface area contributed by atoms with Crippen LogP contribution < -0.4 is 5.32 Å². The Labute approximate surface area is 100 Å². The molecule has 1 rings (SSSR count). The summed E-state index contributed by atoms with van der Waals surface area (Å²) in [6, 6.07) is 0. The van der Waals surface area contributed by atoms with Crippen molar-refractivity contribution in [2.75, 3.05) is 12.3 Å². The number of nitrogens with one attached hydrogen (secondary N) is 1. The molecule has 0 radical (unpaired) electrons. The van der Waals surface area contributed by atoms with Crippen LogP contribution in [0.25, 0.3) is 0 Å². The van der Waals surface area contributed by atoms with Crippen LogP contribution >= 0.6 is 0 Å². The molecule has 0 atom stereocenters. The van der Waals surface area contributed by atoms with Gasteiger partial charge in [0.15, 0.2) is 14.6 Å². The summed E-state index contributed by atoms with van der Waals surface area (Å²) in [4.78, 5) is 22.2. The SMILES string of the molecule is CC(C)(C(=O)O)S(=O)(=O)CC(=O)NCC1CC1. The average molecular weight is 263 g/mol. The van der Waals surface area contributed by atoms with Gasteiger partial charge < -0.3 is 10.4 Å². The maximum Gasteiger partial charge on any atom is 0.324 e. The van der Waals surface area contributed by atoms with Crippen LogP contribution in [-0.2, 0) is 19.4 Å². The molecule has 0 bridgehead atoms. The van der Waals surface area contributed by atoms with E-state index in [9.17, 15) is 18.0 Å². The summed E-state index contributed by atoms with van der Waals surface area (Å²) >= 11 is 0. The minimum atomic E-state index is -4.00. The molecule has 98 valence electrons. The van der Waals surface area contributed by atoms with Crippen molar-refractivity contribution in [3.05, 3.63) is 0 Å². The van der Waals surface area contributed by atoms with Gasteiger partial charge in [-0.25, -0.2) is 8.42 Å². The van der Waals surface area contributed by atoms with E-state index >= 15 is 0 Å². The predicted molar refractivity (Wildman–Crippen MR) is 61.2 cm³/mol. The van der Waals surface area contributed by atoms with Gasteiger partial charge >= 0.3 is 5.97 Å². The molecule has 1 amide bonds. The molecular formula is C10H17NO5S. The molecule has 1 fully saturated rings. The topological polar surface area (TPSA) is 101 Å². The van der Waals surface area contributed by atoms with Gasteiger partial charge in [-0.1, -0.05) is 0 Å². The summed E-state index contributed by atoms with van der Waals surface area (Å²) in [5.74, 6) is -2.41. The molecule has 0 spiro atoms. The fourth-order valence-corrected chi connectivity index (χ4v) is 2.19. The standard InChI is InChI=1S/C10H17NO5S/c1-10(2,9(13)14)17(15,16)6-8(12)11-5-7-3-4-7/h7H,3-6H2,1-2H3,(H,11,12)(H,13,14). The van der Waals surface area contributed by atoms with E-state index in [-0.39, 0.29) is 0 Å². The van der Waals surface area contributed by atoms with Gasteiger partial charge in [0.1, 0.15) is 5.75 Å². The van der Waals surface area contributed by atoms with Crippen molar-refractivity contribution in [2.24, 2.45) is 5.92 Å². The Morgan fingerprint density at radius 1 is 1.35 bits per heavy atom. The quantitative estimate of drug-likeness (QED) is 0.690. The molecule has 0 heterocycles. The van der Waals surface area contributed by atoms with Gasteiger partial charge in [0.2, 0.25) is 5.91 Å². The van der Waals surface area contributed by atoms with Crippen LogP contribution in [0.2, 0.25) is 0 Å². The first-order chi connectivity index (χ1) is 7.67. The number of carbonyl (C=O) groups is 2. The first-order valence-electron chi connectivity index (χ1n) is 5.39. The molecule has 1 aliphatic rings. The lowest BCUT2D eigenvalue weighted by Gasteiger charge is -2.19. The van der Waals surface area contributed by atoms with E-state index in [2.05, 4.69) is 5.32 Å². The zero-order chi connectivity index (χ0) is 13.3. The molecule has 0 aromatic rings. The number of aliphatic carboxylic acids is 1. The van der Waals surface area contributed by atoms with Crippen LogP contribution in [-0.4, -0.2) is 42.4 Å². The molecule has 0 aromatic heterocycles. The molecular weight excluding hydrogens is 246 g/mol. The van der Waals surface area contributed by atoms with Gasteiger partial charge in [-0.2, -0.15) is 0 Å². The monoisotopic (exact) mass is 263 g/mol. The van der Waals surface area contributed by atoms with Crippen molar-refractivity contribution >= 4 is 21.7 Å². The number of sulfone groups is 1. The van der Waals surface area contributed by atoms with E-state index in [1.165, 1.54) is 0 Å². The third kappa shape index (κ3) is 3.42. The summed E-state index contributed by atoms with van der Waals surface area (Å²) in [6.07, 6.45) is 2.10. The fourth-order valence-electron chi connectivity index (χ4n) is 1.12. The Bertz CT molecular complexity index is 422.